The standard InChI is InChI=1S/C25H34N4O2/c1-3-26-23(30)19-27(4-2)20-24(31)28-15-17-29(18-16-28)25(21-11-7-5-8-12-21)22-13-9-6-10-14-22/h5-14,25H,3-4,15-20H2,1-2H3,(H,26,30)/p+2. The van der Waals surface area contributed by atoms with E-state index in [9.17, 15) is 9.59 Å². The van der Waals surface area contributed by atoms with Gasteiger partial charge in [0, 0.05) is 17.7 Å². The molecule has 6 nitrogen and oxygen atoms in total. The lowest BCUT2D eigenvalue weighted by Crippen LogP contribution is -3.16. The minimum absolute atomic E-state index is 0.00924. The lowest BCUT2D eigenvalue weighted by Gasteiger charge is -2.37. The van der Waals surface area contributed by atoms with E-state index in [1.54, 1.807) is 0 Å². The third kappa shape index (κ3) is 6.39. The van der Waals surface area contributed by atoms with Gasteiger partial charge in [-0.05, 0) is 13.8 Å². The second-order valence-electron chi connectivity index (χ2n) is 8.20. The van der Waals surface area contributed by atoms with E-state index in [0.717, 1.165) is 37.6 Å². The molecule has 31 heavy (non-hydrogen) atoms. The lowest BCUT2D eigenvalue weighted by molar-refractivity contribution is -0.929. The number of rotatable bonds is 9. The number of nitrogens with one attached hydrogen (secondary N) is 3. The van der Waals surface area contributed by atoms with E-state index in [0.29, 0.717) is 19.6 Å². The molecule has 1 fully saturated rings. The molecule has 0 saturated carbocycles. The number of amides is 2. The molecule has 166 valence electrons. The maximum absolute atomic E-state index is 12.9. The van der Waals surface area contributed by atoms with E-state index >= 15 is 0 Å². The van der Waals surface area contributed by atoms with Gasteiger partial charge in [0.25, 0.3) is 11.8 Å². The second-order valence-corrected chi connectivity index (χ2v) is 8.20. The van der Waals surface area contributed by atoms with Crippen molar-refractivity contribution in [2.24, 2.45) is 0 Å². The topological polar surface area (TPSA) is 58.3 Å². The van der Waals surface area contributed by atoms with E-state index in [1.807, 2.05) is 18.7 Å². The van der Waals surface area contributed by atoms with Crippen LogP contribution in [0.2, 0.25) is 0 Å². The Balaban J connectivity index is 1.61. The smallest absolute Gasteiger partial charge is 0.278 e. The van der Waals surface area contributed by atoms with Crippen LogP contribution in [0.3, 0.4) is 0 Å². The summed E-state index contributed by atoms with van der Waals surface area (Å²) < 4.78 is 0. The van der Waals surface area contributed by atoms with Crippen molar-refractivity contribution in [2.45, 2.75) is 19.9 Å². The normalized spacial score (nSPS) is 15.6. The Hall–Kier alpha value is -2.70. The monoisotopic (exact) mass is 424 g/mol. The average molecular weight is 425 g/mol. The van der Waals surface area contributed by atoms with Gasteiger partial charge in [0.05, 0.1) is 32.7 Å². The van der Waals surface area contributed by atoms with E-state index in [2.05, 4.69) is 66.0 Å². The molecule has 0 bridgehead atoms. The van der Waals surface area contributed by atoms with Gasteiger partial charge < -0.3 is 20.0 Å². The number of piperazine rings is 1. The zero-order valence-electron chi connectivity index (χ0n) is 18.8. The number of benzene rings is 2. The molecule has 2 aromatic carbocycles. The van der Waals surface area contributed by atoms with Gasteiger partial charge in [-0.2, -0.15) is 0 Å². The number of quaternary nitrogens is 2. The summed E-state index contributed by atoms with van der Waals surface area (Å²) in [5, 5.41) is 2.82. The van der Waals surface area contributed by atoms with Gasteiger partial charge in [-0.3, -0.25) is 9.59 Å². The van der Waals surface area contributed by atoms with Crippen LogP contribution >= 0.6 is 0 Å². The quantitative estimate of drug-likeness (QED) is 0.511. The van der Waals surface area contributed by atoms with Crippen molar-refractivity contribution in [2.75, 3.05) is 52.4 Å². The van der Waals surface area contributed by atoms with Gasteiger partial charge in [0.2, 0.25) is 0 Å². The molecule has 0 spiro atoms. The molecular weight excluding hydrogens is 388 g/mol. The molecule has 1 aliphatic rings. The van der Waals surface area contributed by atoms with Crippen molar-refractivity contribution in [1.29, 1.82) is 0 Å². The second kappa shape index (κ2) is 11.6. The Kier molecular flexibility index (Phi) is 8.62. The van der Waals surface area contributed by atoms with Crippen LogP contribution < -0.4 is 15.1 Å². The third-order valence-electron chi connectivity index (χ3n) is 6.12. The molecule has 3 N–H and O–H groups in total. The van der Waals surface area contributed by atoms with Crippen LogP contribution in [-0.2, 0) is 9.59 Å². The van der Waals surface area contributed by atoms with Gasteiger partial charge in [-0.1, -0.05) is 60.7 Å². The fraction of sp³-hybridized carbons (Fsp3) is 0.440. The number of hydrogen-bond donors (Lipinski definition) is 3. The fourth-order valence-corrected chi connectivity index (χ4v) is 4.41. The summed E-state index contributed by atoms with van der Waals surface area (Å²) in [4.78, 5) is 29.3. The molecule has 1 aliphatic heterocycles. The Labute approximate surface area is 185 Å². The molecule has 1 unspecified atom stereocenters. The first-order valence-electron chi connectivity index (χ1n) is 11.4. The molecule has 2 aromatic rings. The number of nitrogens with zero attached hydrogens (tertiary/aromatic N) is 1. The molecule has 2 amide bonds. The highest BCUT2D eigenvalue weighted by molar-refractivity contribution is 5.79. The van der Waals surface area contributed by atoms with E-state index in [-0.39, 0.29) is 17.9 Å². The summed E-state index contributed by atoms with van der Waals surface area (Å²) in [6, 6.07) is 21.6. The average Bonchev–Trinajstić information content (AvgIpc) is 2.81. The molecule has 1 atom stereocenters. The van der Waals surface area contributed by atoms with Gasteiger partial charge in [0.15, 0.2) is 13.1 Å². The molecule has 1 heterocycles. The Morgan fingerprint density at radius 1 is 0.935 bits per heavy atom. The zero-order chi connectivity index (χ0) is 22.1. The van der Waals surface area contributed by atoms with Crippen molar-refractivity contribution in [3.8, 4) is 0 Å². The number of likely N-dealkylation sites (N-methyl/N-ethyl adjacent to an activating group) is 2. The molecule has 0 radical (unpaired) electrons. The predicted molar refractivity (Wildman–Crippen MR) is 122 cm³/mol. The SMILES string of the molecule is CCNC(=O)C[NH+](CC)CC(=O)N1CC[NH+](C(c2ccccc2)c2ccccc2)CC1. The van der Waals surface area contributed by atoms with Crippen LogP contribution in [0.15, 0.2) is 60.7 Å². The van der Waals surface area contributed by atoms with Crippen molar-refractivity contribution in [3.63, 3.8) is 0 Å². The van der Waals surface area contributed by atoms with Gasteiger partial charge in [0.1, 0.15) is 6.04 Å². The lowest BCUT2D eigenvalue weighted by atomic mass is 9.96. The van der Waals surface area contributed by atoms with E-state index in [1.165, 1.54) is 16.0 Å². The van der Waals surface area contributed by atoms with Gasteiger partial charge in [-0.15, -0.1) is 0 Å². The minimum atomic E-state index is 0.00924. The first-order chi connectivity index (χ1) is 15.1. The van der Waals surface area contributed by atoms with Crippen LogP contribution in [0.25, 0.3) is 0 Å². The van der Waals surface area contributed by atoms with Crippen LogP contribution in [0.4, 0.5) is 0 Å². The Bertz CT molecular complexity index is 780. The van der Waals surface area contributed by atoms with Crippen LogP contribution in [0.1, 0.15) is 31.0 Å². The molecule has 1 saturated heterocycles. The van der Waals surface area contributed by atoms with Crippen LogP contribution in [0, 0.1) is 0 Å². The van der Waals surface area contributed by atoms with E-state index < -0.39 is 0 Å². The highest BCUT2D eigenvalue weighted by Gasteiger charge is 2.32. The van der Waals surface area contributed by atoms with Crippen molar-refractivity contribution in [3.05, 3.63) is 71.8 Å². The first kappa shape index (κ1) is 23.0. The summed E-state index contributed by atoms with van der Waals surface area (Å²) >= 11 is 0. The van der Waals surface area contributed by atoms with Crippen LogP contribution in [0.5, 0.6) is 0 Å². The van der Waals surface area contributed by atoms with Crippen LogP contribution in [-0.4, -0.2) is 69.1 Å². The first-order valence-corrected chi connectivity index (χ1v) is 11.4. The van der Waals surface area contributed by atoms with Crippen molar-refractivity contribution < 1.29 is 19.4 Å². The highest BCUT2D eigenvalue weighted by atomic mass is 16.2. The molecular formula is C25H36N4O2+2. The van der Waals surface area contributed by atoms with Crippen molar-refractivity contribution >= 4 is 11.8 Å². The zero-order valence-corrected chi connectivity index (χ0v) is 18.8. The summed E-state index contributed by atoms with van der Waals surface area (Å²) in [6.45, 7) is 9.38. The van der Waals surface area contributed by atoms with Crippen molar-refractivity contribution in [1.82, 2.24) is 10.2 Å². The van der Waals surface area contributed by atoms with Gasteiger partial charge >= 0.3 is 0 Å². The summed E-state index contributed by atoms with van der Waals surface area (Å²) in [5.74, 6) is 0.158. The molecule has 3 rings (SSSR count). The maximum Gasteiger partial charge on any atom is 0.278 e. The minimum Gasteiger partial charge on any atom is -0.351 e. The van der Waals surface area contributed by atoms with E-state index in [4.69, 9.17) is 0 Å². The predicted octanol–water partition coefficient (Wildman–Crippen LogP) is -0.456. The Morgan fingerprint density at radius 3 is 1.97 bits per heavy atom. The third-order valence-corrected chi connectivity index (χ3v) is 6.12. The molecule has 0 aliphatic carbocycles. The van der Waals surface area contributed by atoms with Gasteiger partial charge in [-0.25, -0.2) is 0 Å². The highest BCUT2D eigenvalue weighted by Crippen LogP contribution is 2.19. The summed E-state index contributed by atoms with van der Waals surface area (Å²) in [7, 11) is 0. The number of carbonyl (C=O) groups excluding carboxylic acids is 2. The number of hydrogen-bond acceptors (Lipinski definition) is 2. The molecule has 6 heteroatoms. The fourth-order valence-electron chi connectivity index (χ4n) is 4.41. The maximum atomic E-state index is 12.9. The summed E-state index contributed by atoms with van der Waals surface area (Å²) in [5.41, 5.74) is 2.62. The summed E-state index contributed by atoms with van der Waals surface area (Å²) in [6.07, 6.45) is 0. The molecule has 0 aromatic heterocycles. The number of carbonyl (C=O) groups is 2. The Morgan fingerprint density at radius 2 is 1.48 bits per heavy atom. The largest absolute Gasteiger partial charge is 0.351 e.